The van der Waals surface area contributed by atoms with E-state index in [1.165, 1.54) is 17.4 Å². The number of halogens is 2. The number of hydrogen-bond acceptors (Lipinski definition) is 3. The topological polar surface area (TPSA) is 46.4 Å². The molecule has 0 spiro atoms. The van der Waals surface area contributed by atoms with Gasteiger partial charge in [-0.3, -0.25) is 9.20 Å². The summed E-state index contributed by atoms with van der Waals surface area (Å²) in [6.07, 6.45) is 4.93. The molecule has 2 aromatic heterocycles. The summed E-state index contributed by atoms with van der Waals surface area (Å²) in [5.41, 5.74) is 2.19. The Morgan fingerprint density at radius 1 is 1.41 bits per heavy atom. The molecule has 1 aromatic carbocycles. The molecule has 0 atom stereocenters. The Morgan fingerprint density at radius 2 is 2.23 bits per heavy atom. The number of carbonyl (C=O) groups excluding carboxylic acids is 1. The fourth-order valence-electron chi connectivity index (χ4n) is 2.00. The molecule has 0 fully saturated rings. The van der Waals surface area contributed by atoms with E-state index in [2.05, 4.69) is 10.3 Å². The van der Waals surface area contributed by atoms with Gasteiger partial charge in [0.05, 0.1) is 5.69 Å². The second-order valence-corrected chi connectivity index (χ2v) is 6.22. The fourth-order valence-corrected chi connectivity index (χ4v) is 3.18. The average molecular weight is 352 g/mol. The van der Waals surface area contributed by atoms with Crippen LogP contribution in [0.25, 0.3) is 11.0 Å². The van der Waals surface area contributed by atoms with Gasteiger partial charge in [0, 0.05) is 28.4 Å². The Balaban J connectivity index is 1.80. The van der Waals surface area contributed by atoms with Crippen LogP contribution in [0.15, 0.2) is 35.9 Å². The maximum absolute atomic E-state index is 12.0. The minimum Gasteiger partial charge on any atom is -0.322 e. The van der Waals surface area contributed by atoms with Gasteiger partial charge in [0.2, 0.25) is 5.91 Å². The van der Waals surface area contributed by atoms with Gasteiger partial charge < -0.3 is 5.32 Å². The van der Waals surface area contributed by atoms with Crippen molar-refractivity contribution in [1.29, 1.82) is 0 Å². The maximum Gasteiger partial charge on any atom is 0.248 e. The first-order chi connectivity index (χ1) is 10.6. The fraction of sp³-hybridized carbons (Fsp3) is 0.0667. The summed E-state index contributed by atoms with van der Waals surface area (Å²) in [6, 6.07) is 5.37. The lowest BCUT2D eigenvalue weighted by Gasteiger charge is -2.07. The predicted octanol–water partition coefficient (Wildman–Crippen LogP) is 4.66. The molecular weight excluding hydrogens is 341 g/mol. The van der Waals surface area contributed by atoms with E-state index in [0.29, 0.717) is 21.6 Å². The van der Waals surface area contributed by atoms with Crippen molar-refractivity contribution in [3.63, 3.8) is 0 Å². The van der Waals surface area contributed by atoms with E-state index in [4.69, 9.17) is 23.2 Å². The van der Waals surface area contributed by atoms with E-state index in [-0.39, 0.29) is 5.91 Å². The van der Waals surface area contributed by atoms with Crippen LogP contribution < -0.4 is 5.32 Å². The first-order valence-electron chi connectivity index (χ1n) is 6.41. The first kappa shape index (κ1) is 15.1. The summed E-state index contributed by atoms with van der Waals surface area (Å²) >= 11 is 13.6. The van der Waals surface area contributed by atoms with Crippen LogP contribution in [-0.2, 0) is 4.79 Å². The molecule has 1 N–H and O–H groups in total. The van der Waals surface area contributed by atoms with Crippen LogP contribution in [0.5, 0.6) is 0 Å². The number of thiazole rings is 1. The van der Waals surface area contributed by atoms with Crippen molar-refractivity contribution < 1.29 is 4.79 Å². The van der Waals surface area contributed by atoms with Crippen molar-refractivity contribution in [2.75, 3.05) is 5.32 Å². The Hall–Kier alpha value is -1.82. The van der Waals surface area contributed by atoms with E-state index >= 15 is 0 Å². The van der Waals surface area contributed by atoms with E-state index in [1.54, 1.807) is 24.3 Å². The third-order valence-electron chi connectivity index (χ3n) is 3.17. The maximum atomic E-state index is 12.0. The van der Waals surface area contributed by atoms with Crippen LogP contribution in [0.2, 0.25) is 10.2 Å². The molecular formula is C15H11Cl2N3OS. The van der Waals surface area contributed by atoms with Gasteiger partial charge in [0.15, 0.2) is 10.1 Å². The van der Waals surface area contributed by atoms with Crippen LogP contribution >= 0.6 is 34.5 Å². The van der Waals surface area contributed by atoms with Crippen LogP contribution in [0, 0.1) is 6.92 Å². The summed E-state index contributed by atoms with van der Waals surface area (Å²) in [7, 11) is 0. The van der Waals surface area contributed by atoms with Crippen LogP contribution in [0.1, 0.15) is 11.3 Å². The van der Waals surface area contributed by atoms with Gasteiger partial charge in [-0.05, 0) is 30.7 Å². The van der Waals surface area contributed by atoms with E-state index in [0.717, 1.165) is 10.5 Å². The number of fused-ring (bicyclic) bond motifs is 1. The zero-order valence-corrected chi connectivity index (χ0v) is 13.8. The largest absolute Gasteiger partial charge is 0.322 e. The SMILES string of the molecule is Cc1c(Cl)cccc1NC(=O)/C=C/c1c(Cl)nc2sccn12. The number of benzene rings is 1. The quantitative estimate of drug-likeness (QED) is 0.697. The molecule has 4 nitrogen and oxygen atoms in total. The molecule has 0 aliphatic heterocycles. The minimum atomic E-state index is -0.258. The molecule has 0 radical (unpaired) electrons. The normalized spacial score (nSPS) is 11.4. The molecule has 0 aliphatic carbocycles. The number of nitrogens with one attached hydrogen (secondary N) is 1. The number of hydrogen-bond donors (Lipinski definition) is 1. The van der Waals surface area contributed by atoms with E-state index in [1.807, 2.05) is 22.9 Å². The number of imidazole rings is 1. The highest BCUT2D eigenvalue weighted by Crippen LogP contribution is 2.24. The first-order valence-corrected chi connectivity index (χ1v) is 8.05. The molecule has 112 valence electrons. The Labute approximate surface area is 141 Å². The van der Waals surface area contributed by atoms with Crippen molar-refractivity contribution in [2.45, 2.75) is 6.92 Å². The third-order valence-corrected chi connectivity index (χ3v) is 4.62. The van der Waals surface area contributed by atoms with Crippen LogP contribution in [-0.4, -0.2) is 15.3 Å². The van der Waals surface area contributed by atoms with Gasteiger partial charge in [-0.25, -0.2) is 4.98 Å². The number of rotatable bonds is 3. The zero-order chi connectivity index (χ0) is 15.7. The summed E-state index contributed by atoms with van der Waals surface area (Å²) in [4.78, 5) is 17.0. The number of anilines is 1. The van der Waals surface area contributed by atoms with Gasteiger partial charge in [-0.2, -0.15) is 0 Å². The van der Waals surface area contributed by atoms with E-state index < -0.39 is 0 Å². The lowest BCUT2D eigenvalue weighted by Crippen LogP contribution is -2.09. The van der Waals surface area contributed by atoms with Gasteiger partial charge in [-0.1, -0.05) is 29.3 Å². The number of nitrogens with zero attached hydrogens (tertiary/aromatic N) is 2. The molecule has 0 saturated carbocycles. The van der Waals surface area contributed by atoms with Crippen LogP contribution in [0.4, 0.5) is 5.69 Å². The average Bonchev–Trinajstić information content (AvgIpc) is 3.02. The molecule has 0 aliphatic rings. The van der Waals surface area contributed by atoms with Gasteiger partial charge >= 0.3 is 0 Å². The smallest absolute Gasteiger partial charge is 0.248 e. The number of carbonyl (C=O) groups is 1. The van der Waals surface area contributed by atoms with Gasteiger partial charge in [-0.15, -0.1) is 11.3 Å². The van der Waals surface area contributed by atoms with Crippen molar-refractivity contribution >= 4 is 57.2 Å². The van der Waals surface area contributed by atoms with Crippen molar-refractivity contribution in [1.82, 2.24) is 9.38 Å². The monoisotopic (exact) mass is 351 g/mol. The molecule has 22 heavy (non-hydrogen) atoms. The van der Waals surface area contributed by atoms with E-state index in [9.17, 15) is 4.79 Å². The summed E-state index contributed by atoms with van der Waals surface area (Å²) in [5.74, 6) is -0.258. The lowest BCUT2D eigenvalue weighted by molar-refractivity contribution is -0.111. The highest BCUT2D eigenvalue weighted by atomic mass is 35.5. The molecule has 0 saturated heterocycles. The minimum absolute atomic E-state index is 0.258. The summed E-state index contributed by atoms with van der Waals surface area (Å²) < 4.78 is 1.83. The molecule has 0 bridgehead atoms. The summed E-state index contributed by atoms with van der Waals surface area (Å²) in [6.45, 7) is 1.85. The third kappa shape index (κ3) is 2.88. The van der Waals surface area contributed by atoms with Crippen molar-refractivity contribution in [3.05, 3.63) is 57.3 Å². The van der Waals surface area contributed by atoms with Crippen LogP contribution in [0.3, 0.4) is 0 Å². The molecule has 3 aromatic rings. The van der Waals surface area contributed by atoms with Crippen molar-refractivity contribution in [3.8, 4) is 0 Å². The highest BCUT2D eigenvalue weighted by Gasteiger charge is 2.09. The second-order valence-electron chi connectivity index (χ2n) is 4.58. The lowest BCUT2D eigenvalue weighted by atomic mass is 10.2. The predicted molar refractivity (Wildman–Crippen MR) is 91.9 cm³/mol. The molecule has 7 heteroatoms. The van der Waals surface area contributed by atoms with Crippen molar-refractivity contribution in [2.24, 2.45) is 0 Å². The summed E-state index contributed by atoms with van der Waals surface area (Å²) in [5, 5.41) is 5.68. The number of amides is 1. The Bertz CT molecular complexity index is 882. The molecule has 2 heterocycles. The standard InChI is InChI=1S/C15H11Cl2N3OS/c1-9-10(16)3-2-4-11(9)18-13(21)6-5-12-14(17)19-15-20(12)7-8-22-15/h2-8H,1H3,(H,18,21)/b6-5+. The molecule has 1 amide bonds. The molecule has 0 unspecified atom stereocenters. The highest BCUT2D eigenvalue weighted by molar-refractivity contribution is 7.15. The zero-order valence-electron chi connectivity index (χ0n) is 11.5. The Morgan fingerprint density at radius 3 is 3.05 bits per heavy atom. The molecule has 3 rings (SSSR count). The second kappa shape index (κ2) is 6.12. The number of aromatic nitrogens is 2. The van der Waals surface area contributed by atoms with Gasteiger partial charge in [0.25, 0.3) is 0 Å². The van der Waals surface area contributed by atoms with Gasteiger partial charge in [0.1, 0.15) is 0 Å². The Kier molecular flexibility index (Phi) is 4.20.